The van der Waals surface area contributed by atoms with Gasteiger partial charge < -0.3 is 15.2 Å². The Morgan fingerprint density at radius 3 is 3.16 bits per heavy atom. The summed E-state index contributed by atoms with van der Waals surface area (Å²) in [6.45, 7) is 1.00. The highest BCUT2D eigenvalue weighted by atomic mass is 35.5. The lowest BCUT2D eigenvalue weighted by atomic mass is 10.1. The zero-order chi connectivity index (χ0) is 13.4. The quantitative estimate of drug-likeness (QED) is 0.914. The van der Waals surface area contributed by atoms with Crippen molar-refractivity contribution < 1.29 is 9.47 Å². The van der Waals surface area contributed by atoms with E-state index in [9.17, 15) is 0 Å². The summed E-state index contributed by atoms with van der Waals surface area (Å²) in [5, 5.41) is 4.89. The minimum absolute atomic E-state index is 0.137. The average molecular weight is 280 g/mol. The molecule has 0 bridgehead atoms. The summed E-state index contributed by atoms with van der Waals surface area (Å²) in [6.07, 6.45) is 1.78. The molecule has 19 heavy (non-hydrogen) atoms. The van der Waals surface area contributed by atoms with E-state index in [0.29, 0.717) is 24.0 Å². The Morgan fingerprint density at radius 1 is 1.53 bits per heavy atom. The molecule has 2 heterocycles. The van der Waals surface area contributed by atoms with Gasteiger partial charge in [0.05, 0.1) is 43.9 Å². The largest absolute Gasteiger partial charge is 0.495 e. The van der Waals surface area contributed by atoms with Gasteiger partial charge in [0.25, 0.3) is 0 Å². The van der Waals surface area contributed by atoms with E-state index in [0.717, 1.165) is 16.9 Å². The van der Waals surface area contributed by atoms with Crippen molar-refractivity contribution in [3.05, 3.63) is 40.7 Å². The van der Waals surface area contributed by atoms with E-state index < -0.39 is 0 Å². The third-order valence-electron chi connectivity index (χ3n) is 3.23. The molecular formula is C13H14ClN3O2. The first-order chi connectivity index (χ1) is 9.22. The maximum absolute atomic E-state index is 6.32. The van der Waals surface area contributed by atoms with Crippen molar-refractivity contribution >= 4 is 11.6 Å². The molecule has 1 aliphatic rings. The fourth-order valence-corrected chi connectivity index (χ4v) is 2.52. The van der Waals surface area contributed by atoms with Crippen molar-refractivity contribution in [1.82, 2.24) is 9.78 Å². The number of aromatic nitrogens is 2. The first-order valence-corrected chi connectivity index (χ1v) is 6.33. The van der Waals surface area contributed by atoms with Crippen molar-refractivity contribution in [1.29, 1.82) is 0 Å². The molecule has 2 aromatic rings. The van der Waals surface area contributed by atoms with Crippen LogP contribution in [0.4, 0.5) is 0 Å². The van der Waals surface area contributed by atoms with Crippen LogP contribution in [0.15, 0.2) is 24.4 Å². The van der Waals surface area contributed by atoms with Crippen LogP contribution in [0.1, 0.15) is 17.3 Å². The topological polar surface area (TPSA) is 62.3 Å². The smallest absolute Gasteiger partial charge is 0.139 e. The molecule has 0 radical (unpaired) electrons. The summed E-state index contributed by atoms with van der Waals surface area (Å²) in [4.78, 5) is 0. The standard InChI is InChI=1S/C13H14ClN3O2/c1-18-12-4-2-3-10(13(12)14)17-11-7-19-6-9(15)8(11)5-16-17/h2-5,9H,6-7,15H2,1H3/t9-/m1/s1. The first-order valence-electron chi connectivity index (χ1n) is 5.95. The van der Waals surface area contributed by atoms with Gasteiger partial charge in [0.15, 0.2) is 0 Å². The highest BCUT2D eigenvalue weighted by Crippen LogP contribution is 2.33. The van der Waals surface area contributed by atoms with Crippen molar-refractivity contribution in [3.63, 3.8) is 0 Å². The molecule has 0 spiro atoms. The number of fused-ring (bicyclic) bond motifs is 1. The third kappa shape index (κ3) is 2.00. The molecule has 6 heteroatoms. The molecule has 100 valence electrons. The van der Waals surface area contributed by atoms with Crippen LogP contribution in [0, 0.1) is 0 Å². The molecular weight excluding hydrogens is 266 g/mol. The van der Waals surface area contributed by atoms with E-state index in [-0.39, 0.29) is 6.04 Å². The van der Waals surface area contributed by atoms with Crippen molar-refractivity contribution in [2.45, 2.75) is 12.6 Å². The summed E-state index contributed by atoms with van der Waals surface area (Å²) < 4.78 is 12.4. The predicted octanol–water partition coefficient (Wildman–Crippen LogP) is 2.06. The van der Waals surface area contributed by atoms with E-state index in [1.54, 1.807) is 18.0 Å². The van der Waals surface area contributed by atoms with E-state index in [1.165, 1.54) is 0 Å². The van der Waals surface area contributed by atoms with Crippen LogP contribution in [-0.2, 0) is 11.3 Å². The Bertz CT molecular complexity index is 612. The zero-order valence-electron chi connectivity index (χ0n) is 10.5. The molecule has 1 aliphatic heterocycles. The second-order valence-corrected chi connectivity index (χ2v) is 4.75. The molecule has 0 aliphatic carbocycles. The third-order valence-corrected chi connectivity index (χ3v) is 3.61. The van der Waals surface area contributed by atoms with Gasteiger partial charge in [-0.15, -0.1) is 0 Å². The van der Waals surface area contributed by atoms with Crippen LogP contribution < -0.4 is 10.5 Å². The number of hydrogen-bond acceptors (Lipinski definition) is 4. The number of ether oxygens (including phenoxy) is 2. The molecule has 0 fully saturated rings. The first kappa shape index (κ1) is 12.5. The van der Waals surface area contributed by atoms with Gasteiger partial charge in [-0.1, -0.05) is 17.7 Å². The van der Waals surface area contributed by atoms with Gasteiger partial charge in [-0.25, -0.2) is 4.68 Å². The van der Waals surface area contributed by atoms with E-state index >= 15 is 0 Å². The summed E-state index contributed by atoms with van der Waals surface area (Å²) >= 11 is 6.32. The zero-order valence-corrected chi connectivity index (χ0v) is 11.2. The van der Waals surface area contributed by atoms with Crippen LogP contribution in [0.3, 0.4) is 0 Å². The Balaban J connectivity index is 2.13. The number of methoxy groups -OCH3 is 1. The van der Waals surface area contributed by atoms with Crippen LogP contribution in [-0.4, -0.2) is 23.5 Å². The van der Waals surface area contributed by atoms with Gasteiger partial charge in [-0.2, -0.15) is 5.10 Å². The van der Waals surface area contributed by atoms with Crippen LogP contribution in [0.5, 0.6) is 5.75 Å². The molecule has 0 amide bonds. The van der Waals surface area contributed by atoms with Gasteiger partial charge in [0.2, 0.25) is 0 Å². The summed E-state index contributed by atoms with van der Waals surface area (Å²) in [6, 6.07) is 5.43. The SMILES string of the molecule is COc1cccc(-n2ncc3c2COC[C@H]3N)c1Cl. The minimum atomic E-state index is -0.137. The van der Waals surface area contributed by atoms with Crippen molar-refractivity contribution in [2.75, 3.05) is 13.7 Å². The highest BCUT2D eigenvalue weighted by molar-refractivity contribution is 6.33. The number of hydrogen-bond donors (Lipinski definition) is 1. The van der Waals surface area contributed by atoms with Gasteiger partial charge in [-0.3, -0.25) is 0 Å². The van der Waals surface area contributed by atoms with E-state index in [4.69, 9.17) is 26.8 Å². The number of nitrogens with zero attached hydrogens (tertiary/aromatic N) is 2. The molecule has 1 aromatic carbocycles. The molecule has 1 atom stereocenters. The van der Waals surface area contributed by atoms with Crippen LogP contribution in [0.25, 0.3) is 5.69 Å². The second kappa shape index (κ2) is 4.85. The fraction of sp³-hybridized carbons (Fsp3) is 0.308. The Morgan fingerprint density at radius 2 is 2.37 bits per heavy atom. The molecule has 5 nitrogen and oxygen atoms in total. The Labute approximate surface area is 115 Å². The predicted molar refractivity (Wildman–Crippen MR) is 71.7 cm³/mol. The number of halogens is 1. The normalized spacial score (nSPS) is 18.2. The van der Waals surface area contributed by atoms with E-state index in [1.807, 2.05) is 18.2 Å². The van der Waals surface area contributed by atoms with Crippen LogP contribution >= 0.6 is 11.6 Å². The number of nitrogens with two attached hydrogens (primary N) is 1. The summed E-state index contributed by atoms with van der Waals surface area (Å²) in [5.41, 5.74) is 8.70. The van der Waals surface area contributed by atoms with Crippen LogP contribution in [0.2, 0.25) is 5.02 Å². The van der Waals surface area contributed by atoms with Crippen molar-refractivity contribution in [2.24, 2.45) is 5.73 Å². The highest BCUT2D eigenvalue weighted by Gasteiger charge is 2.23. The molecule has 1 aromatic heterocycles. The Kier molecular flexibility index (Phi) is 3.18. The summed E-state index contributed by atoms with van der Waals surface area (Å²) in [7, 11) is 1.59. The lowest BCUT2D eigenvalue weighted by Crippen LogP contribution is -2.24. The fourth-order valence-electron chi connectivity index (χ4n) is 2.24. The van der Waals surface area contributed by atoms with E-state index in [2.05, 4.69) is 5.10 Å². The Hall–Kier alpha value is -1.56. The maximum Gasteiger partial charge on any atom is 0.139 e. The molecule has 0 saturated carbocycles. The molecule has 3 rings (SSSR count). The lowest BCUT2D eigenvalue weighted by molar-refractivity contribution is 0.0885. The average Bonchev–Trinajstić information content (AvgIpc) is 2.84. The second-order valence-electron chi connectivity index (χ2n) is 4.37. The van der Waals surface area contributed by atoms with Gasteiger partial charge in [0, 0.05) is 5.56 Å². The monoisotopic (exact) mass is 279 g/mol. The van der Waals surface area contributed by atoms with Gasteiger partial charge in [-0.05, 0) is 12.1 Å². The van der Waals surface area contributed by atoms with Gasteiger partial charge in [0.1, 0.15) is 10.8 Å². The maximum atomic E-state index is 6.32. The van der Waals surface area contributed by atoms with Crippen molar-refractivity contribution in [3.8, 4) is 11.4 Å². The molecule has 0 saturated heterocycles. The lowest BCUT2D eigenvalue weighted by Gasteiger charge is -2.20. The number of benzene rings is 1. The number of rotatable bonds is 2. The molecule has 2 N–H and O–H groups in total. The summed E-state index contributed by atoms with van der Waals surface area (Å²) in [5.74, 6) is 0.615. The van der Waals surface area contributed by atoms with Gasteiger partial charge >= 0.3 is 0 Å². The minimum Gasteiger partial charge on any atom is -0.495 e. The molecule has 0 unspecified atom stereocenters.